The van der Waals surface area contributed by atoms with E-state index in [-0.39, 0.29) is 16.6 Å². The number of carbonyl (C=O) groups excluding carboxylic acids is 1. The molecular formula is C18H28Cl2N2O3S. The van der Waals surface area contributed by atoms with Crippen LogP contribution in [0, 0.1) is 5.92 Å². The van der Waals surface area contributed by atoms with Crippen LogP contribution in [0.2, 0.25) is 10.0 Å². The summed E-state index contributed by atoms with van der Waals surface area (Å²) in [7, 11) is -3.73. The Morgan fingerprint density at radius 1 is 1.27 bits per heavy atom. The molecule has 0 heterocycles. The van der Waals surface area contributed by atoms with E-state index < -0.39 is 16.1 Å². The third kappa shape index (κ3) is 6.63. The van der Waals surface area contributed by atoms with Crippen LogP contribution in [0.1, 0.15) is 46.5 Å². The molecule has 1 amide bonds. The monoisotopic (exact) mass is 422 g/mol. The molecule has 0 unspecified atom stereocenters. The van der Waals surface area contributed by atoms with Crippen molar-refractivity contribution in [1.29, 1.82) is 0 Å². The van der Waals surface area contributed by atoms with Crippen LogP contribution in [0.4, 0.5) is 5.69 Å². The van der Waals surface area contributed by atoms with E-state index in [0.29, 0.717) is 17.5 Å². The number of nitrogens with one attached hydrogen (secondary N) is 1. The second-order valence-electron chi connectivity index (χ2n) is 6.49. The van der Waals surface area contributed by atoms with Gasteiger partial charge in [0.25, 0.3) is 0 Å². The minimum atomic E-state index is -3.73. The van der Waals surface area contributed by atoms with E-state index in [1.807, 2.05) is 0 Å². The lowest BCUT2D eigenvalue weighted by molar-refractivity contribution is -0.122. The van der Waals surface area contributed by atoms with Gasteiger partial charge in [-0.25, -0.2) is 8.42 Å². The average molecular weight is 423 g/mol. The zero-order valence-corrected chi connectivity index (χ0v) is 18.1. The Hall–Kier alpha value is -0.980. The van der Waals surface area contributed by atoms with Gasteiger partial charge in [-0.1, -0.05) is 56.3 Å². The Kier molecular flexibility index (Phi) is 9.21. The fourth-order valence-electron chi connectivity index (χ4n) is 2.77. The van der Waals surface area contributed by atoms with Gasteiger partial charge in [0.1, 0.15) is 6.04 Å². The standard InChI is InChI=1S/C18H28Cl2N2O3S/c1-5-7-8-14(6-2)12-21-18(23)13(3)22(26(4,24)25)17-11-15(19)9-10-16(17)20/h9-11,13-14H,5-8,12H2,1-4H3,(H,21,23)/t13-,14+/m0/s1. The largest absolute Gasteiger partial charge is 0.354 e. The Balaban J connectivity index is 2.98. The second kappa shape index (κ2) is 10.4. The van der Waals surface area contributed by atoms with Gasteiger partial charge < -0.3 is 5.32 Å². The van der Waals surface area contributed by atoms with Crippen molar-refractivity contribution in [3.63, 3.8) is 0 Å². The maximum atomic E-state index is 12.6. The van der Waals surface area contributed by atoms with Gasteiger partial charge in [-0.05, 0) is 37.5 Å². The molecule has 5 nitrogen and oxygen atoms in total. The number of carbonyl (C=O) groups is 1. The molecule has 1 N–H and O–H groups in total. The summed E-state index contributed by atoms with van der Waals surface area (Å²) in [6.07, 6.45) is 5.26. The first-order valence-corrected chi connectivity index (χ1v) is 11.4. The SMILES string of the molecule is CCCC[C@@H](CC)CNC(=O)[C@H](C)N(c1cc(Cl)ccc1Cl)S(C)(=O)=O. The van der Waals surface area contributed by atoms with Gasteiger partial charge in [-0.15, -0.1) is 0 Å². The maximum Gasteiger partial charge on any atom is 0.243 e. The minimum absolute atomic E-state index is 0.197. The van der Waals surface area contributed by atoms with Gasteiger partial charge in [0.2, 0.25) is 15.9 Å². The van der Waals surface area contributed by atoms with Crippen molar-refractivity contribution < 1.29 is 13.2 Å². The number of unbranched alkanes of at least 4 members (excludes halogenated alkanes) is 1. The third-order valence-corrected chi connectivity index (χ3v) is 6.12. The van der Waals surface area contributed by atoms with Crippen molar-refractivity contribution in [3.05, 3.63) is 28.2 Å². The van der Waals surface area contributed by atoms with Crippen LogP contribution < -0.4 is 9.62 Å². The molecule has 148 valence electrons. The molecular weight excluding hydrogens is 395 g/mol. The number of rotatable bonds is 10. The molecule has 0 aliphatic heterocycles. The fraction of sp³-hybridized carbons (Fsp3) is 0.611. The van der Waals surface area contributed by atoms with Crippen molar-refractivity contribution >= 4 is 44.8 Å². The molecule has 0 aliphatic carbocycles. The van der Waals surface area contributed by atoms with Crippen LogP contribution in [-0.4, -0.2) is 33.2 Å². The highest BCUT2D eigenvalue weighted by molar-refractivity contribution is 7.92. The molecule has 0 saturated heterocycles. The van der Waals surface area contributed by atoms with Crippen LogP contribution >= 0.6 is 23.2 Å². The fourth-order valence-corrected chi connectivity index (χ4v) is 4.38. The van der Waals surface area contributed by atoms with E-state index >= 15 is 0 Å². The van der Waals surface area contributed by atoms with E-state index in [1.54, 1.807) is 13.0 Å². The van der Waals surface area contributed by atoms with Gasteiger partial charge in [0, 0.05) is 11.6 Å². The number of nitrogens with zero attached hydrogens (tertiary/aromatic N) is 1. The summed E-state index contributed by atoms with van der Waals surface area (Å²) >= 11 is 12.1. The minimum Gasteiger partial charge on any atom is -0.354 e. The van der Waals surface area contributed by atoms with Crippen molar-refractivity contribution in [3.8, 4) is 0 Å². The number of amides is 1. The molecule has 1 rings (SSSR count). The molecule has 8 heteroatoms. The molecule has 0 radical (unpaired) electrons. The van der Waals surface area contributed by atoms with Crippen LogP contribution in [-0.2, 0) is 14.8 Å². The first kappa shape index (κ1) is 23.1. The predicted octanol–water partition coefficient (Wildman–Crippen LogP) is 4.48. The summed E-state index contributed by atoms with van der Waals surface area (Å²) in [5.74, 6) is 0.0222. The van der Waals surface area contributed by atoms with Gasteiger partial charge in [0.05, 0.1) is 17.0 Å². The normalized spacial score (nSPS) is 13.9. The average Bonchev–Trinajstić information content (AvgIpc) is 2.56. The van der Waals surface area contributed by atoms with Crippen molar-refractivity contribution in [2.75, 3.05) is 17.1 Å². The molecule has 0 fully saturated rings. The highest BCUT2D eigenvalue weighted by Crippen LogP contribution is 2.32. The molecule has 0 spiro atoms. The summed E-state index contributed by atoms with van der Waals surface area (Å²) in [6, 6.07) is 3.59. The van der Waals surface area contributed by atoms with Gasteiger partial charge >= 0.3 is 0 Å². The number of anilines is 1. The van der Waals surface area contributed by atoms with Gasteiger partial charge in [0.15, 0.2) is 0 Å². The maximum absolute atomic E-state index is 12.6. The number of benzene rings is 1. The van der Waals surface area contributed by atoms with Gasteiger partial charge in [-0.2, -0.15) is 0 Å². The second-order valence-corrected chi connectivity index (χ2v) is 9.20. The molecule has 0 aliphatic rings. The van der Waals surface area contributed by atoms with Crippen LogP contribution in [0.5, 0.6) is 0 Å². The number of halogens is 2. The predicted molar refractivity (Wildman–Crippen MR) is 110 cm³/mol. The Bertz CT molecular complexity index is 710. The molecule has 1 aromatic carbocycles. The molecule has 0 bridgehead atoms. The van der Waals surface area contributed by atoms with Crippen molar-refractivity contribution in [2.45, 2.75) is 52.5 Å². The van der Waals surface area contributed by atoms with E-state index in [9.17, 15) is 13.2 Å². The molecule has 26 heavy (non-hydrogen) atoms. The summed E-state index contributed by atoms with van der Waals surface area (Å²) in [6.45, 7) is 6.29. The van der Waals surface area contributed by atoms with Crippen LogP contribution in [0.15, 0.2) is 18.2 Å². The zero-order valence-electron chi connectivity index (χ0n) is 15.8. The third-order valence-electron chi connectivity index (χ3n) is 4.34. The lowest BCUT2D eigenvalue weighted by atomic mass is 9.99. The molecule has 2 atom stereocenters. The topological polar surface area (TPSA) is 66.5 Å². The van der Waals surface area contributed by atoms with Crippen molar-refractivity contribution in [2.24, 2.45) is 5.92 Å². The number of sulfonamides is 1. The lowest BCUT2D eigenvalue weighted by Crippen LogP contribution is -2.48. The van der Waals surface area contributed by atoms with Crippen LogP contribution in [0.25, 0.3) is 0 Å². The summed E-state index contributed by atoms with van der Waals surface area (Å²) in [5, 5.41) is 3.44. The zero-order chi connectivity index (χ0) is 19.9. The van der Waals surface area contributed by atoms with E-state index in [0.717, 1.165) is 36.2 Å². The number of hydrogen-bond acceptors (Lipinski definition) is 3. The highest BCUT2D eigenvalue weighted by Gasteiger charge is 2.30. The van der Waals surface area contributed by atoms with E-state index in [4.69, 9.17) is 23.2 Å². The van der Waals surface area contributed by atoms with Crippen LogP contribution in [0.3, 0.4) is 0 Å². The van der Waals surface area contributed by atoms with E-state index in [2.05, 4.69) is 19.2 Å². The Morgan fingerprint density at radius 3 is 2.46 bits per heavy atom. The highest BCUT2D eigenvalue weighted by atomic mass is 35.5. The Labute approximate surface area is 167 Å². The number of hydrogen-bond donors (Lipinski definition) is 1. The quantitative estimate of drug-likeness (QED) is 0.604. The molecule has 1 aromatic rings. The van der Waals surface area contributed by atoms with Gasteiger partial charge in [-0.3, -0.25) is 9.10 Å². The molecule has 0 saturated carbocycles. The first-order chi connectivity index (χ1) is 12.1. The molecule has 0 aromatic heterocycles. The summed E-state index contributed by atoms with van der Waals surface area (Å²) < 4.78 is 25.7. The Morgan fingerprint density at radius 2 is 1.92 bits per heavy atom. The first-order valence-electron chi connectivity index (χ1n) is 8.83. The van der Waals surface area contributed by atoms with Crippen molar-refractivity contribution in [1.82, 2.24) is 5.32 Å². The van der Waals surface area contributed by atoms with E-state index in [1.165, 1.54) is 12.1 Å². The summed E-state index contributed by atoms with van der Waals surface area (Å²) in [4.78, 5) is 12.6. The lowest BCUT2D eigenvalue weighted by Gasteiger charge is -2.29. The smallest absolute Gasteiger partial charge is 0.243 e. The summed E-state index contributed by atoms with van der Waals surface area (Å²) in [5.41, 5.74) is 0.197.